The zero-order valence-electron chi connectivity index (χ0n) is 9.90. The first-order valence-electron chi connectivity index (χ1n) is 4.95. The van der Waals surface area contributed by atoms with Crippen LogP contribution in [-0.2, 0) is 20.7 Å². The first-order chi connectivity index (χ1) is 9.03. The second kappa shape index (κ2) is 6.52. The molecule has 0 amide bonds. The third kappa shape index (κ3) is 4.81. The topological polar surface area (TPSA) is 60.4 Å². The Bertz CT molecular complexity index is 613. The summed E-state index contributed by atoms with van der Waals surface area (Å²) in [6.07, 6.45) is 0. The highest BCUT2D eigenvalue weighted by Crippen LogP contribution is 2.31. The van der Waals surface area contributed by atoms with E-state index in [1.807, 2.05) is 22.6 Å². The molecule has 0 atom stereocenters. The van der Waals surface area contributed by atoms with Crippen LogP contribution in [0.25, 0.3) is 0 Å². The number of thioether (sulfide) groups is 1. The van der Waals surface area contributed by atoms with Crippen molar-refractivity contribution >= 4 is 49.6 Å². The molecule has 112 valence electrons. The normalized spacial score (nSPS) is 12.2. The van der Waals surface area contributed by atoms with Crippen molar-refractivity contribution in [1.82, 2.24) is 0 Å². The van der Waals surface area contributed by atoms with Crippen molar-refractivity contribution in [3.63, 3.8) is 0 Å². The second-order valence-corrected chi connectivity index (χ2v) is 7.45. The molecule has 10 heteroatoms. The van der Waals surface area contributed by atoms with E-state index in [0.717, 1.165) is 17.8 Å². The Morgan fingerprint density at radius 3 is 2.50 bits per heavy atom. The number of carbonyl (C=O) groups excluding carboxylic acids is 1. The molecule has 0 aliphatic carbocycles. The van der Waals surface area contributed by atoms with Gasteiger partial charge in [-0.2, -0.15) is 21.6 Å². The molecule has 1 aromatic rings. The lowest BCUT2D eigenvalue weighted by atomic mass is 10.2. The highest BCUT2D eigenvalue weighted by molar-refractivity contribution is 14.1. The Morgan fingerprint density at radius 1 is 1.40 bits per heavy atom. The number of alkyl halides is 3. The SMILES string of the molecule is CC(=O)SCc1cc(I)ccc1OS(=O)(=O)C(F)(F)F. The number of hydrogen-bond donors (Lipinski definition) is 0. The zero-order valence-corrected chi connectivity index (χ0v) is 13.7. The number of hydrogen-bond acceptors (Lipinski definition) is 5. The molecule has 0 bridgehead atoms. The monoisotopic (exact) mass is 440 g/mol. The number of halogens is 4. The van der Waals surface area contributed by atoms with Gasteiger partial charge in [0, 0.05) is 21.8 Å². The second-order valence-electron chi connectivity index (χ2n) is 3.52. The van der Waals surface area contributed by atoms with Gasteiger partial charge in [0.05, 0.1) is 0 Å². The lowest BCUT2D eigenvalue weighted by Gasteiger charge is -2.12. The Hall–Kier alpha value is -0.490. The molecule has 0 aliphatic heterocycles. The lowest BCUT2D eigenvalue weighted by Crippen LogP contribution is -2.28. The van der Waals surface area contributed by atoms with Crippen molar-refractivity contribution in [2.24, 2.45) is 0 Å². The van der Waals surface area contributed by atoms with Gasteiger partial charge in [-0.15, -0.1) is 0 Å². The lowest BCUT2D eigenvalue weighted by molar-refractivity contribution is -0.109. The molecule has 1 aromatic carbocycles. The third-order valence-electron chi connectivity index (χ3n) is 1.94. The Morgan fingerprint density at radius 2 is 2.00 bits per heavy atom. The van der Waals surface area contributed by atoms with Crippen LogP contribution in [0.1, 0.15) is 12.5 Å². The van der Waals surface area contributed by atoms with E-state index in [1.54, 1.807) is 0 Å². The van der Waals surface area contributed by atoms with Gasteiger partial charge in [-0.3, -0.25) is 4.79 Å². The summed E-state index contributed by atoms with van der Waals surface area (Å²) < 4.78 is 63.5. The van der Waals surface area contributed by atoms with E-state index in [4.69, 9.17) is 0 Å². The molecule has 0 aliphatic rings. The summed E-state index contributed by atoms with van der Waals surface area (Å²) >= 11 is 2.75. The maximum Gasteiger partial charge on any atom is 0.534 e. The summed E-state index contributed by atoms with van der Waals surface area (Å²) in [6.45, 7) is 1.30. The summed E-state index contributed by atoms with van der Waals surface area (Å²) in [7, 11) is -5.72. The minimum absolute atomic E-state index is 0.0227. The van der Waals surface area contributed by atoms with Gasteiger partial charge in [0.15, 0.2) is 5.12 Å². The van der Waals surface area contributed by atoms with Gasteiger partial charge in [-0.05, 0) is 40.8 Å². The van der Waals surface area contributed by atoms with E-state index in [2.05, 4.69) is 4.18 Å². The quantitative estimate of drug-likeness (QED) is 0.409. The fraction of sp³-hybridized carbons (Fsp3) is 0.300. The Labute approximate surface area is 131 Å². The Balaban J connectivity index is 3.09. The highest BCUT2D eigenvalue weighted by atomic mass is 127. The van der Waals surface area contributed by atoms with Crippen molar-refractivity contribution < 1.29 is 30.6 Å². The molecule has 0 unspecified atom stereocenters. The molecular weight excluding hydrogens is 432 g/mol. The van der Waals surface area contributed by atoms with Crippen LogP contribution in [-0.4, -0.2) is 19.0 Å². The highest BCUT2D eigenvalue weighted by Gasteiger charge is 2.48. The molecule has 4 nitrogen and oxygen atoms in total. The first-order valence-corrected chi connectivity index (χ1v) is 8.43. The predicted octanol–water partition coefficient (Wildman–Crippen LogP) is 3.30. The van der Waals surface area contributed by atoms with Crippen molar-refractivity contribution in [2.75, 3.05) is 0 Å². The van der Waals surface area contributed by atoms with Crippen LogP contribution in [0.2, 0.25) is 0 Å². The fourth-order valence-electron chi connectivity index (χ4n) is 1.09. The third-order valence-corrected chi connectivity index (χ3v) is 4.44. The standard InChI is InChI=1S/C10H8F3IO4S2/c1-6(15)19-5-7-4-8(14)2-3-9(7)18-20(16,17)10(11,12)13/h2-4H,5H2,1H3. The molecule has 20 heavy (non-hydrogen) atoms. The van der Waals surface area contributed by atoms with Crippen molar-refractivity contribution in [3.05, 3.63) is 27.3 Å². The molecular formula is C10H8F3IO4S2. The number of carbonyl (C=O) groups is 1. The van der Waals surface area contributed by atoms with Crippen LogP contribution in [0.4, 0.5) is 13.2 Å². The summed E-state index contributed by atoms with van der Waals surface area (Å²) in [6, 6.07) is 3.99. The van der Waals surface area contributed by atoms with Crippen molar-refractivity contribution in [1.29, 1.82) is 0 Å². The van der Waals surface area contributed by atoms with Crippen LogP contribution in [0.3, 0.4) is 0 Å². The summed E-state index contributed by atoms with van der Waals surface area (Å²) in [4.78, 5) is 10.9. The van der Waals surface area contributed by atoms with Crippen LogP contribution in [0, 0.1) is 3.57 Å². The smallest absolute Gasteiger partial charge is 0.376 e. The predicted molar refractivity (Wildman–Crippen MR) is 76.7 cm³/mol. The summed E-state index contributed by atoms with van der Waals surface area (Å²) in [5.41, 5.74) is -5.30. The summed E-state index contributed by atoms with van der Waals surface area (Å²) in [5, 5.41) is -0.242. The molecule has 0 saturated heterocycles. The van der Waals surface area contributed by atoms with Crippen LogP contribution < -0.4 is 4.18 Å². The largest absolute Gasteiger partial charge is 0.534 e. The van der Waals surface area contributed by atoms with Gasteiger partial charge >= 0.3 is 15.6 Å². The van der Waals surface area contributed by atoms with E-state index in [1.165, 1.54) is 19.1 Å². The molecule has 1 rings (SSSR count). The van der Waals surface area contributed by atoms with E-state index in [9.17, 15) is 26.4 Å². The van der Waals surface area contributed by atoms with E-state index < -0.39 is 21.4 Å². The van der Waals surface area contributed by atoms with Crippen molar-refractivity contribution in [3.8, 4) is 5.75 Å². The molecule has 0 aromatic heterocycles. The Kier molecular flexibility index (Phi) is 5.72. The van der Waals surface area contributed by atoms with Gasteiger partial charge < -0.3 is 4.18 Å². The number of rotatable bonds is 4. The van der Waals surface area contributed by atoms with E-state index in [0.29, 0.717) is 3.57 Å². The fourth-order valence-corrected chi connectivity index (χ4v) is 2.72. The van der Waals surface area contributed by atoms with Gasteiger partial charge in [0.25, 0.3) is 0 Å². The van der Waals surface area contributed by atoms with Gasteiger partial charge in [0.1, 0.15) is 5.75 Å². The molecule has 0 saturated carbocycles. The van der Waals surface area contributed by atoms with Crippen molar-refractivity contribution in [2.45, 2.75) is 18.2 Å². The number of benzene rings is 1. The van der Waals surface area contributed by atoms with Gasteiger partial charge in [-0.25, -0.2) is 0 Å². The molecule has 0 radical (unpaired) electrons. The van der Waals surface area contributed by atoms with Crippen LogP contribution >= 0.6 is 34.4 Å². The van der Waals surface area contributed by atoms with E-state index in [-0.39, 0.29) is 16.4 Å². The molecule has 0 N–H and O–H groups in total. The average molecular weight is 440 g/mol. The molecule has 0 fully saturated rings. The minimum Gasteiger partial charge on any atom is -0.376 e. The first kappa shape index (κ1) is 17.6. The zero-order chi connectivity index (χ0) is 15.6. The van der Waals surface area contributed by atoms with Crippen LogP contribution in [0.5, 0.6) is 5.75 Å². The molecule has 0 heterocycles. The van der Waals surface area contributed by atoms with E-state index >= 15 is 0 Å². The van der Waals surface area contributed by atoms with Gasteiger partial charge in [-0.1, -0.05) is 11.8 Å². The minimum atomic E-state index is -5.72. The maximum atomic E-state index is 12.3. The molecule has 0 spiro atoms. The van der Waals surface area contributed by atoms with Crippen LogP contribution in [0.15, 0.2) is 18.2 Å². The maximum absolute atomic E-state index is 12.3. The average Bonchev–Trinajstić information content (AvgIpc) is 2.27. The van der Waals surface area contributed by atoms with Gasteiger partial charge in [0.2, 0.25) is 0 Å². The summed E-state index contributed by atoms with van der Waals surface area (Å²) in [5.74, 6) is -0.411.